The highest BCUT2D eigenvalue weighted by Crippen LogP contribution is 2.20. The third-order valence-electron chi connectivity index (χ3n) is 3.62. The van der Waals surface area contributed by atoms with Gasteiger partial charge in [0.2, 0.25) is 5.91 Å². The molecule has 4 nitrogen and oxygen atoms in total. The summed E-state index contributed by atoms with van der Waals surface area (Å²) in [6.07, 6.45) is 4.01. The van der Waals surface area contributed by atoms with Crippen LogP contribution >= 0.6 is 0 Å². The number of pyridine rings is 1. The monoisotopic (exact) mass is 283 g/mol. The Morgan fingerprint density at radius 2 is 2.00 bits per heavy atom. The Bertz CT molecular complexity index is 608. The fraction of sp³-hybridized carbons (Fsp3) is 0.294. The molecule has 3 N–H and O–H groups in total. The first kappa shape index (κ1) is 15.0. The first-order chi connectivity index (χ1) is 10.1. The lowest BCUT2D eigenvalue weighted by Crippen LogP contribution is -2.24. The van der Waals surface area contributed by atoms with Crippen molar-refractivity contribution in [2.45, 2.75) is 32.7 Å². The second-order valence-corrected chi connectivity index (χ2v) is 5.35. The molecule has 0 saturated carbocycles. The van der Waals surface area contributed by atoms with Gasteiger partial charge >= 0.3 is 0 Å². The summed E-state index contributed by atoms with van der Waals surface area (Å²) in [6, 6.07) is 9.61. The van der Waals surface area contributed by atoms with E-state index in [0.29, 0.717) is 13.0 Å². The number of anilines is 1. The number of nitrogens with two attached hydrogens (primary N) is 1. The third kappa shape index (κ3) is 4.31. The standard InChI is InChI=1S/C17H21N3O/c1-12-7-8-19-10-15(12)11-20-17(21)9-13(2)14-3-5-16(18)6-4-14/h3-8,10,13H,9,11,18H2,1-2H3,(H,20,21). The molecule has 0 radical (unpaired) electrons. The maximum absolute atomic E-state index is 12.0. The molecule has 1 heterocycles. The Morgan fingerprint density at radius 1 is 1.29 bits per heavy atom. The molecule has 2 aromatic rings. The molecule has 1 aromatic carbocycles. The maximum atomic E-state index is 12.0. The zero-order valence-corrected chi connectivity index (χ0v) is 12.5. The summed E-state index contributed by atoms with van der Waals surface area (Å²) in [6.45, 7) is 4.58. The van der Waals surface area contributed by atoms with Gasteiger partial charge in [0.1, 0.15) is 0 Å². The second kappa shape index (κ2) is 6.88. The topological polar surface area (TPSA) is 68.0 Å². The summed E-state index contributed by atoms with van der Waals surface area (Å²) >= 11 is 0. The highest BCUT2D eigenvalue weighted by atomic mass is 16.1. The SMILES string of the molecule is Cc1ccncc1CNC(=O)CC(C)c1ccc(N)cc1. The van der Waals surface area contributed by atoms with E-state index in [1.807, 2.05) is 44.2 Å². The normalized spacial score (nSPS) is 11.9. The highest BCUT2D eigenvalue weighted by molar-refractivity contribution is 5.76. The fourth-order valence-corrected chi connectivity index (χ4v) is 2.17. The van der Waals surface area contributed by atoms with E-state index in [4.69, 9.17) is 5.73 Å². The third-order valence-corrected chi connectivity index (χ3v) is 3.62. The van der Waals surface area contributed by atoms with Gasteiger partial charge in [-0.05, 0) is 47.7 Å². The Morgan fingerprint density at radius 3 is 2.67 bits per heavy atom. The van der Waals surface area contributed by atoms with Crippen molar-refractivity contribution in [2.75, 3.05) is 5.73 Å². The van der Waals surface area contributed by atoms with E-state index < -0.39 is 0 Å². The van der Waals surface area contributed by atoms with E-state index in [1.54, 1.807) is 12.4 Å². The van der Waals surface area contributed by atoms with Crippen LogP contribution in [0.3, 0.4) is 0 Å². The minimum atomic E-state index is 0.0441. The van der Waals surface area contributed by atoms with E-state index in [-0.39, 0.29) is 11.8 Å². The number of hydrogen-bond donors (Lipinski definition) is 2. The number of amides is 1. The summed E-state index contributed by atoms with van der Waals surface area (Å²) in [5.41, 5.74) is 9.71. The zero-order chi connectivity index (χ0) is 15.2. The molecule has 0 aliphatic heterocycles. The number of rotatable bonds is 5. The van der Waals surface area contributed by atoms with Crippen molar-refractivity contribution in [3.8, 4) is 0 Å². The molecular formula is C17H21N3O. The molecule has 0 bridgehead atoms. The average molecular weight is 283 g/mol. The molecule has 110 valence electrons. The van der Waals surface area contributed by atoms with Crippen molar-refractivity contribution in [1.29, 1.82) is 0 Å². The van der Waals surface area contributed by atoms with E-state index in [2.05, 4.69) is 10.3 Å². The van der Waals surface area contributed by atoms with Gasteiger partial charge in [-0.2, -0.15) is 0 Å². The molecule has 21 heavy (non-hydrogen) atoms. The summed E-state index contributed by atoms with van der Waals surface area (Å²) in [5.74, 6) is 0.211. The summed E-state index contributed by atoms with van der Waals surface area (Å²) < 4.78 is 0. The first-order valence-electron chi connectivity index (χ1n) is 7.08. The van der Waals surface area contributed by atoms with Crippen LogP contribution < -0.4 is 11.1 Å². The Labute approximate surface area is 125 Å². The minimum Gasteiger partial charge on any atom is -0.399 e. The van der Waals surface area contributed by atoms with Crippen LogP contribution in [0.1, 0.15) is 36.0 Å². The minimum absolute atomic E-state index is 0.0441. The van der Waals surface area contributed by atoms with Gasteiger partial charge < -0.3 is 11.1 Å². The predicted octanol–water partition coefficient (Wildman–Crippen LogP) is 2.78. The summed E-state index contributed by atoms with van der Waals surface area (Å²) in [7, 11) is 0. The molecule has 0 aliphatic rings. The largest absolute Gasteiger partial charge is 0.399 e. The lowest BCUT2D eigenvalue weighted by atomic mass is 9.97. The lowest BCUT2D eigenvalue weighted by Gasteiger charge is -2.13. The number of carbonyl (C=O) groups is 1. The van der Waals surface area contributed by atoms with Crippen LogP contribution in [0.25, 0.3) is 0 Å². The quantitative estimate of drug-likeness (QED) is 0.829. The van der Waals surface area contributed by atoms with Crippen molar-refractivity contribution < 1.29 is 4.79 Å². The van der Waals surface area contributed by atoms with E-state index in [9.17, 15) is 4.79 Å². The highest BCUT2D eigenvalue weighted by Gasteiger charge is 2.11. The zero-order valence-electron chi connectivity index (χ0n) is 12.5. The Hall–Kier alpha value is -2.36. The van der Waals surface area contributed by atoms with Crippen LogP contribution in [0.5, 0.6) is 0 Å². The van der Waals surface area contributed by atoms with Crippen LogP contribution in [0.2, 0.25) is 0 Å². The van der Waals surface area contributed by atoms with Crippen molar-refractivity contribution in [3.05, 3.63) is 59.4 Å². The van der Waals surface area contributed by atoms with Gasteiger partial charge in [0.05, 0.1) is 0 Å². The number of benzene rings is 1. The number of nitrogens with one attached hydrogen (secondary N) is 1. The molecular weight excluding hydrogens is 262 g/mol. The second-order valence-electron chi connectivity index (χ2n) is 5.35. The molecule has 0 aliphatic carbocycles. The van der Waals surface area contributed by atoms with E-state index in [1.165, 1.54) is 0 Å². The summed E-state index contributed by atoms with van der Waals surface area (Å²) in [5, 5.41) is 2.95. The molecule has 0 saturated heterocycles. The van der Waals surface area contributed by atoms with Gasteiger partial charge in [0.15, 0.2) is 0 Å². The van der Waals surface area contributed by atoms with Gasteiger partial charge in [0.25, 0.3) is 0 Å². The van der Waals surface area contributed by atoms with Crippen molar-refractivity contribution in [2.24, 2.45) is 0 Å². The number of nitrogen functional groups attached to an aromatic ring is 1. The van der Waals surface area contributed by atoms with Gasteiger partial charge in [-0.25, -0.2) is 0 Å². The molecule has 1 unspecified atom stereocenters. The summed E-state index contributed by atoms with van der Waals surface area (Å²) in [4.78, 5) is 16.1. The fourth-order valence-electron chi connectivity index (χ4n) is 2.17. The van der Waals surface area contributed by atoms with Crippen molar-refractivity contribution in [1.82, 2.24) is 10.3 Å². The van der Waals surface area contributed by atoms with E-state index in [0.717, 1.165) is 22.4 Å². The first-order valence-corrected chi connectivity index (χ1v) is 7.08. The van der Waals surface area contributed by atoms with Crippen LogP contribution in [0, 0.1) is 6.92 Å². The van der Waals surface area contributed by atoms with Gasteiger partial charge in [-0.3, -0.25) is 9.78 Å². The van der Waals surface area contributed by atoms with Crippen LogP contribution in [0.4, 0.5) is 5.69 Å². The molecule has 0 spiro atoms. The number of aromatic nitrogens is 1. The number of carbonyl (C=O) groups excluding carboxylic acids is 1. The lowest BCUT2D eigenvalue weighted by molar-refractivity contribution is -0.121. The van der Waals surface area contributed by atoms with E-state index >= 15 is 0 Å². The van der Waals surface area contributed by atoms with Gasteiger partial charge in [-0.15, -0.1) is 0 Å². The molecule has 1 aromatic heterocycles. The van der Waals surface area contributed by atoms with Crippen LogP contribution in [-0.2, 0) is 11.3 Å². The smallest absolute Gasteiger partial charge is 0.220 e. The molecule has 1 amide bonds. The van der Waals surface area contributed by atoms with Crippen LogP contribution in [-0.4, -0.2) is 10.9 Å². The molecule has 2 rings (SSSR count). The molecule has 4 heteroatoms. The maximum Gasteiger partial charge on any atom is 0.220 e. The van der Waals surface area contributed by atoms with Crippen LogP contribution in [0.15, 0.2) is 42.7 Å². The van der Waals surface area contributed by atoms with Crippen molar-refractivity contribution >= 4 is 11.6 Å². The Kier molecular flexibility index (Phi) is 4.93. The number of hydrogen-bond acceptors (Lipinski definition) is 3. The van der Waals surface area contributed by atoms with Gasteiger partial charge in [0, 0.05) is 31.0 Å². The molecule has 0 fully saturated rings. The predicted molar refractivity (Wildman–Crippen MR) is 84.7 cm³/mol. The van der Waals surface area contributed by atoms with Gasteiger partial charge in [-0.1, -0.05) is 19.1 Å². The Balaban J connectivity index is 1.87. The van der Waals surface area contributed by atoms with Crippen molar-refractivity contribution in [3.63, 3.8) is 0 Å². The number of aryl methyl sites for hydroxylation is 1. The molecule has 1 atom stereocenters. The number of nitrogens with zero attached hydrogens (tertiary/aromatic N) is 1. The average Bonchev–Trinajstić information content (AvgIpc) is 2.47.